The highest BCUT2D eigenvalue weighted by Gasteiger charge is 2.17. The van der Waals surface area contributed by atoms with Crippen LogP contribution in [-0.2, 0) is 12.8 Å². The zero-order chi connectivity index (χ0) is 16.1. The standard InChI is InChI=1S/C17H14Cl2F2O/c18-7-5-11-9-13(20)1-3-15(11)17(22)16-4-2-14(21)10-12(16)6-8-19/h1-4,9-10H,5-8H2. The van der Waals surface area contributed by atoms with Crippen LogP contribution in [0.25, 0.3) is 0 Å². The van der Waals surface area contributed by atoms with E-state index in [1.54, 1.807) is 0 Å². The van der Waals surface area contributed by atoms with Gasteiger partial charge in [0.15, 0.2) is 5.78 Å². The molecule has 5 heteroatoms. The van der Waals surface area contributed by atoms with Crippen molar-refractivity contribution in [3.05, 3.63) is 70.3 Å². The van der Waals surface area contributed by atoms with E-state index in [0.717, 1.165) is 0 Å². The lowest BCUT2D eigenvalue weighted by Gasteiger charge is -2.11. The molecule has 1 nitrogen and oxygen atoms in total. The summed E-state index contributed by atoms with van der Waals surface area (Å²) in [5.74, 6) is -0.558. The molecule has 0 radical (unpaired) electrons. The van der Waals surface area contributed by atoms with E-state index in [2.05, 4.69) is 0 Å². The molecule has 0 aliphatic heterocycles. The Kier molecular flexibility index (Phi) is 5.92. The molecule has 0 unspecified atom stereocenters. The smallest absolute Gasteiger partial charge is 0.193 e. The lowest BCUT2D eigenvalue weighted by atomic mass is 9.93. The Bertz CT molecular complexity index is 629. The molecule has 0 aliphatic carbocycles. The first kappa shape index (κ1) is 16.9. The number of ketones is 1. The summed E-state index contributed by atoms with van der Waals surface area (Å²) in [6.45, 7) is 0. The van der Waals surface area contributed by atoms with Crippen LogP contribution in [0, 0.1) is 11.6 Å². The maximum Gasteiger partial charge on any atom is 0.193 e. The van der Waals surface area contributed by atoms with E-state index in [1.807, 2.05) is 0 Å². The molecule has 0 saturated carbocycles. The summed E-state index contributed by atoms with van der Waals surface area (Å²) < 4.78 is 26.7. The van der Waals surface area contributed by atoms with Gasteiger partial charge in [-0.1, -0.05) is 0 Å². The molecule has 2 aromatic rings. The van der Waals surface area contributed by atoms with Gasteiger partial charge < -0.3 is 0 Å². The number of carbonyl (C=O) groups excluding carboxylic acids is 1. The van der Waals surface area contributed by atoms with E-state index >= 15 is 0 Å². The number of aryl methyl sites for hydroxylation is 2. The molecule has 2 rings (SSSR count). The summed E-state index contributed by atoms with van der Waals surface area (Å²) in [7, 11) is 0. The minimum absolute atomic E-state index is 0.278. The van der Waals surface area contributed by atoms with Crippen LogP contribution in [0.2, 0.25) is 0 Å². The first-order valence-electron chi connectivity index (χ1n) is 6.80. The van der Waals surface area contributed by atoms with E-state index in [9.17, 15) is 13.6 Å². The third-order valence-corrected chi connectivity index (χ3v) is 3.73. The van der Waals surface area contributed by atoms with Crippen molar-refractivity contribution in [3.63, 3.8) is 0 Å². The first-order chi connectivity index (χ1) is 10.6. The SMILES string of the molecule is O=C(c1ccc(F)cc1CCCl)c1ccc(F)cc1CCCl. The maximum atomic E-state index is 13.4. The van der Waals surface area contributed by atoms with E-state index in [-0.39, 0.29) is 17.5 Å². The Morgan fingerprint density at radius 2 is 1.23 bits per heavy atom. The Morgan fingerprint density at radius 1 is 0.818 bits per heavy atom. The molecule has 0 N–H and O–H groups in total. The number of halogens is 4. The highest BCUT2D eigenvalue weighted by atomic mass is 35.5. The summed E-state index contributed by atoms with van der Waals surface area (Å²) in [5, 5.41) is 0. The number of hydrogen-bond acceptors (Lipinski definition) is 1. The van der Waals surface area contributed by atoms with Crippen LogP contribution in [0.4, 0.5) is 8.78 Å². The van der Waals surface area contributed by atoms with Crippen molar-refractivity contribution >= 4 is 29.0 Å². The Morgan fingerprint density at radius 3 is 1.59 bits per heavy atom. The van der Waals surface area contributed by atoms with Crippen molar-refractivity contribution in [2.45, 2.75) is 12.8 Å². The Hall–Kier alpha value is -1.45. The number of alkyl halides is 2. The minimum Gasteiger partial charge on any atom is -0.289 e. The van der Waals surface area contributed by atoms with Gasteiger partial charge in [-0.05, 0) is 60.4 Å². The van der Waals surface area contributed by atoms with E-state index < -0.39 is 11.6 Å². The Labute approximate surface area is 137 Å². The fourth-order valence-electron chi connectivity index (χ4n) is 2.33. The second kappa shape index (κ2) is 7.70. The van der Waals surface area contributed by atoms with Gasteiger partial charge in [-0.15, -0.1) is 23.2 Å². The van der Waals surface area contributed by atoms with Crippen LogP contribution >= 0.6 is 23.2 Å². The fraction of sp³-hybridized carbons (Fsp3) is 0.235. The molecule has 0 heterocycles. The van der Waals surface area contributed by atoms with Crippen molar-refractivity contribution in [1.29, 1.82) is 0 Å². The van der Waals surface area contributed by atoms with Gasteiger partial charge in [0.05, 0.1) is 0 Å². The highest BCUT2D eigenvalue weighted by Crippen LogP contribution is 2.21. The summed E-state index contributed by atoms with van der Waals surface area (Å²) in [6.07, 6.45) is 0.763. The number of rotatable bonds is 6. The summed E-state index contributed by atoms with van der Waals surface area (Å²) in [5.41, 5.74) is 1.84. The second-order valence-corrected chi connectivity index (χ2v) is 5.57. The highest BCUT2D eigenvalue weighted by molar-refractivity contribution is 6.18. The monoisotopic (exact) mass is 342 g/mol. The predicted molar refractivity (Wildman–Crippen MR) is 85.1 cm³/mol. The summed E-state index contributed by atoms with van der Waals surface area (Å²) >= 11 is 11.4. The van der Waals surface area contributed by atoms with Crippen molar-refractivity contribution in [3.8, 4) is 0 Å². The fourth-order valence-corrected chi connectivity index (χ4v) is 2.74. The van der Waals surface area contributed by atoms with Gasteiger partial charge in [-0.3, -0.25) is 4.79 Å². The predicted octanol–water partition coefficient (Wildman–Crippen LogP) is 4.76. The topological polar surface area (TPSA) is 17.1 Å². The average molecular weight is 343 g/mol. The van der Waals surface area contributed by atoms with E-state index in [1.165, 1.54) is 36.4 Å². The quantitative estimate of drug-likeness (QED) is 0.546. The largest absolute Gasteiger partial charge is 0.289 e. The third kappa shape index (κ3) is 3.84. The molecule has 0 saturated heterocycles. The van der Waals surface area contributed by atoms with Crippen LogP contribution in [0.1, 0.15) is 27.0 Å². The van der Waals surface area contributed by atoms with E-state index in [4.69, 9.17) is 23.2 Å². The van der Waals surface area contributed by atoms with Crippen LogP contribution in [0.5, 0.6) is 0 Å². The molecular weight excluding hydrogens is 329 g/mol. The molecule has 0 aliphatic rings. The minimum atomic E-state index is -0.420. The lowest BCUT2D eigenvalue weighted by Crippen LogP contribution is -2.10. The normalized spacial score (nSPS) is 10.7. The van der Waals surface area contributed by atoms with Crippen LogP contribution in [-0.4, -0.2) is 17.5 Å². The second-order valence-electron chi connectivity index (χ2n) is 4.81. The molecule has 116 valence electrons. The van der Waals surface area contributed by atoms with Gasteiger partial charge >= 0.3 is 0 Å². The van der Waals surface area contributed by atoms with Crippen molar-refractivity contribution in [2.24, 2.45) is 0 Å². The van der Waals surface area contributed by atoms with Gasteiger partial charge in [-0.2, -0.15) is 0 Å². The first-order valence-corrected chi connectivity index (χ1v) is 7.87. The molecular formula is C17H14Cl2F2O. The molecule has 0 fully saturated rings. The van der Waals surface area contributed by atoms with Crippen molar-refractivity contribution < 1.29 is 13.6 Å². The molecule has 0 bridgehead atoms. The average Bonchev–Trinajstić information content (AvgIpc) is 2.48. The van der Waals surface area contributed by atoms with Crippen molar-refractivity contribution in [1.82, 2.24) is 0 Å². The van der Waals surface area contributed by atoms with Gasteiger partial charge in [0.1, 0.15) is 11.6 Å². The summed E-state index contributed by atoms with van der Waals surface area (Å²) in [4.78, 5) is 12.7. The van der Waals surface area contributed by atoms with Crippen LogP contribution in [0.3, 0.4) is 0 Å². The van der Waals surface area contributed by atoms with Crippen LogP contribution in [0.15, 0.2) is 36.4 Å². The third-order valence-electron chi connectivity index (χ3n) is 3.35. The van der Waals surface area contributed by atoms with Gasteiger partial charge in [0, 0.05) is 22.9 Å². The molecule has 0 amide bonds. The number of carbonyl (C=O) groups is 1. The molecule has 0 aromatic heterocycles. The number of hydrogen-bond donors (Lipinski definition) is 0. The number of benzene rings is 2. The summed E-state index contributed by atoms with van der Waals surface area (Å²) in [6, 6.07) is 7.95. The van der Waals surface area contributed by atoms with Gasteiger partial charge in [-0.25, -0.2) is 8.78 Å². The lowest BCUT2D eigenvalue weighted by molar-refractivity contribution is 0.103. The van der Waals surface area contributed by atoms with E-state index in [0.29, 0.717) is 35.1 Å². The molecule has 0 spiro atoms. The zero-order valence-corrected chi connectivity index (χ0v) is 13.2. The zero-order valence-electron chi connectivity index (χ0n) is 11.7. The van der Waals surface area contributed by atoms with Gasteiger partial charge in [0.2, 0.25) is 0 Å². The van der Waals surface area contributed by atoms with Gasteiger partial charge in [0.25, 0.3) is 0 Å². The molecule has 22 heavy (non-hydrogen) atoms. The molecule has 2 aromatic carbocycles. The Balaban J connectivity index is 2.48. The maximum absolute atomic E-state index is 13.4. The van der Waals surface area contributed by atoms with Crippen LogP contribution < -0.4 is 0 Å². The van der Waals surface area contributed by atoms with Crippen molar-refractivity contribution in [2.75, 3.05) is 11.8 Å². The molecule has 0 atom stereocenters.